The number of ether oxygens (including phenoxy) is 1. The number of aliphatic hydroxyl groups is 1. The van der Waals surface area contributed by atoms with E-state index in [1.807, 2.05) is 0 Å². The monoisotopic (exact) mass is 404 g/mol. The van der Waals surface area contributed by atoms with Gasteiger partial charge in [0.2, 0.25) is 0 Å². The Morgan fingerprint density at radius 1 is 1.09 bits per heavy atom. The largest absolute Gasteiger partial charge is 0.490 e. The molecule has 0 amide bonds. The van der Waals surface area contributed by atoms with Crippen LogP contribution in [0.5, 0.6) is 0 Å². The lowest BCUT2D eigenvalue weighted by molar-refractivity contribution is -0.263. The molecule has 1 rings (SSSR count). The number of halogens is 2. The number of hydrogen-bond donors (Lipinski definition) is 5. The molecule has 5 N–H and O–H groups in total. The van der Waals surface area contributed by atoms with E-state index in [4.69, 9.17) is 27.4 Å². The Labute approximate surface area is 128 Å². The lowest BCUT2D eigenvalue weighted by Crippen LogP contribution is -2.42. The van der Waals surface area contributed by atoms with Crippen LogP contribution < -0.4 is 0 Å². The number of hydrogen-bond acceptors (Lipinski definition) is 8. The normalized spacial score (nSPS) is 31.5. The van der Waals surface area contributed by atoms with Crippen LogP contribution in [0.1, 0.15) is 6.42 Å². The molecule has 1 aliphatic heterocycles. The quantitative estimate of drug-likeness (QED) is 0.272. The molecule has 0 aliphatic carbocycles. The van der Waals surface area contributed by atoms with Crippen LogP contribution in [0.4, 0.5) is 8.78 Å². The Morgan fingerprint density at radius 3 is 2.00 bits per heavy atom. The zero-order chi connectivity index (χ0) is 18.3. The summed E-state index contributed by atoms with van der Waals surface area (Å²) in [7, 11) is -12.6. The van der Waals surface area contributed by atoms with Crippen LogP contribution in [0.25, 0.3) is 0 Å². The van der Waals surface area contributed by atoms with Crippen molar-refractivity contribution >= 4 is 31.3 Å². The minimum atomic E-state index is -6.08. The fourth-order valence-electron chi connectivity index (χ4n) is 1.50. The van der Waals surface area contributed by atoms with Crippen molar-refractivity contribution in [2.24, 2.45) is 0 Å². The van der Waals surface area contributed by atoms with Crippen LogP contribution in [-0.4, -0.2) is 56.8 Å². The third-order valence-electron chi connectivity index (χ3n) is 2.13. The highest BCUT2D eigenvalue weighted by molar-refractivity contribution is 7.66. The molecule has 134 valence electrons. The molecular formula is C5H10BF2O12P3. The zero-order valence-electron chi connectivity index (χ0n) is 10.7. The van der Waals surface area contributed by atoms with Gasteiger partial charge in [-0.1, -0.05) is 0 Å². The zero-order valence-corrected chi connectivity index (χ0v) is 13.4. The van der Waals surface area contributed by atoms with E-state index in [1.54, 1.807) is 0 Å². The highest BCUT2D eigenvalue weighted by Crippen LogP contribution is 2.67. The maximum Gasteiger partial charge on any atom is 0.490 e. The molecule has 0 aromatic rings. The van der Waals surface area contributed by atoms with E-state index in [2.05, 4.69) is 17.9 Å². The van der Waals surface area contributed by atoms with Gasteiger partial charge in [0.15, 0.2) is 6.10 Å². The molecule has 1 saturated heterocycles. The summed E-state index contributed by atoms with van der Waals surface area (Å²) < 4.78 is 74.0. The molecule has 23 heavy (non-hydrogen) atoms. The molecule has 5 atom stereocenters. The number of phosphoric ester groups is 1. The van der Waals surface area contributed by atoms with Gasteiger partial charge in [0.05, 0.1) is 6.10 Å². The molecule has 1 heterocycles. The summed E-state index contributed by atoms with van der Waals surface area (Å²) in [5, 5.41) is 9.27. The summed E-state index contributed by atoms with van der Waals surface area (Å²) in [6.45, 7) is 0. The Hall–Kier alpha value is 0.255. The van der Waals surface area contributed by atoms with E-state index in [-0.39, 0.29) is 0 Å². The fraction of sp³-hybridized carbons (Fsp3) is 1.00. The van der Waals surface area contributed by atoms with Gasteiger partial charge in [-0.25, -0.2) is 18.2 Å². The molecule has 0 bridgehead atoms. The predicted octanol–water partition coefficient (Wildman–Crippen LogP) is -0.433. The van der Waals surface area contributed by atoms with E-state index in [0.29, 0.717) is 0 Å². The van der Waals surface area contributed by atoms with Crippen LogP contribution >= 0.6 is 23.5 Å². The maximum atomic E-state index is 13.6. The maximum absolute atomic E-state index is 13.6. The van der Waals surface area contributed by atoms with Crippen molar-refractivity contribution in [2.75, 3.05) is 0 Å². The van der Waals surface area contributed by atoms with Gasteiger partial charge < -0.3 is 29.4 Å². The standard InChI is InChI=1S/C5H10BF2O12P3/c6-3-1-2(9)4(17-3)5(7,8)18-22(13,14)20-23(15,16)19-21(10,11)12/h2-4,9H,1H2,(H,13,14)(H,15,16)(H2,10,11,12)/t2?,3-,4+/m1/s1. The lowest BCUT2D eigenvalue weighted by atomic mass is 9.96. The Kier molecular flexibility index (Phi) is 6.36. The summed E-state index contributed by atoms with van der Waals surface area (Å²) >= 11 is 0. The van der Waals surface area contributed by atoms with Crippen molar-refractivity contribution in [3.05, 3.63) is 0 Å². The lowest BCUT2D eigenvalue weighted by Gasteiger charge is -2.26. The highest BCUT2D eigenvalue weighted by Gasteiger charge is 2.56. The molecule has 2 radical (unpaired) electrons. The summed E-state index contributed by atoms with van der Waals surface area (Å²) in [6, 6.07) is -1.33. The van der Waals surface area contributed by atoms with Crippen molar-refractivity contribution < 1.29 is 65.0 Å². The number of alkyl halides is 2. The highest BCUT2D eigenvalue weighted by atomic mass is 31.3. The molecule has 0 saturated carbocycles. The van der Waals surface area contributed by atoms with Gasteiger partial charge in [-0.05, 0) is 6.42 Å². The van der Waals surface area contributed by atoms with Crippen molar-refractivity contribution in [2.45, 2.75) is 30.7 Å². The second kappa shape index (κ2) is 6.87. The van der Waals surface area contributed by atoms with Crippen LogP contribution in [0.2, 0.25) is 0 Å². The number of rotatable bonds is 7. The molecule has 0 spiro atoms. The van der Waals surface area contributed by atoms with Crippen molar-refractivity contribution in [3.8, 4) is 0 Å². The van der Waals surface area contributed by atoms with E-state index in [0.717, 1.165) is 0 Å². The minimum absolute atomic E-state index is 0.458. The average molecular weight is 404 g/mol. The first-order chi connectivity index (χ1) is 10.0. The van der Waals surface area contributed by atoms with Gasteiger partial charge in [0.25, 0.3) is 0 Å². The molecular weight excluding hydrogens is 394 g/mol. The second-order valence-corrected chi connectivity index (χ2v) is 8.49. The van der Waals surface area contributed by atoms with E-state index in [1.165, 1.54) is 0 Å². The van der Waals surface area contributed by atoms with Gasteiger partial charge in [0, 0.05) is 6.00 Å². The molecule has 3 unspecified atom stereocenters. The topological polar surface area (TPSA) is 189 Å². The van der Waals surface area contributed by atoms with Crippen molar-refractivity contribution in [1.82, 2.24) is 0 Å². The first-order valence-electron chi connectivity index (χ1n) is 5.34. The van der Waals surface area contributed by atoms with E-state index >= 15 is 0 Å². The minimum Gasteiger partial charge on any atom is -0.390 e. The van der Waals surface area contributed by atoms with Crippen molar-refractivity contribution in [3.63, 3.8) is 0 Å². The van der Waals surface area contributed by atoms with Gasteiger partial charge in [-0.15, -0.1) is 0 Å². The van der Waals surface area contributed by atoms with Crippen molar-refractivity contribution in [1.29, 1.82) is 0 Å². The Morgan fingerprint density at radius 2 is 1.61 bits per heavy atom. The van der Waals surface area contributed by atoms with Crippen LogP contribution in [0.15, 0.2) is 0 Å². The summed E-state index contributed by atoms with van der Waals surface area (Å²) in [6.07, 6.45) is -9.56. The van der Waals surface area contributed by atoms with Gasteiger partial charge >= 0.3 is 29.6 Å². The first-order valence-corrected chi connectivity index (χ1v) is 9.87. The second-order valence-electron chi connectivity index (χ2n) is 4.14. The Balaban J connectivity index is 2.83. The van der Waals surface area contributed by atoms with Crippen LogP contribution in [-0.2, 0) is 31.6 Å². The molecule has 1 fully saturated rings. The van der Waals surface area contributed by atoms with Gasteiger partial charge in [-0.2, -0.15) is 17.4 Å². The number of aliphatic hydroxyl groups excluding tert-OH is 1. The summed E-state index contributed by atoms with van der Waals surface area (Å²) in [4.78, 5) is 34.3. The van der Waals surface area contributed by atoms with Gasteiger partial charge in [-0.3, -0.25) is 0 Å². The first kappa shape index (κ1) is 21.3. The third-order valence-corrected chi connectivity index (χ3v) is 5.93. The average Bonchev–Trinajstić information content (AvgIpc) is 2.50. The van der Waals surface area contributed by atoms with Crippen LogP contribution in [0, 0.1) is 0 Å². The molecule has 18 heteroatoms. The summed E-state index contributed by atoms with van der Waals surface area (Å²) in [5.74, 6) is 0. The molecule has 0 aromatic carbocycles. The van der Waals surface area contributed by atoms with Crippen LogP contribution in [0.3, 0.4) is 0 Å². The fourth-order valence-corrected chi connectivity index (χ4v) is 4.55. The van der Waals surface area contributed by atoms with Gasteiger partial charge in [0.1, 0.15) is 7.85 Å². The van der Waals surface area contributed by atoms with E-state index < -0.39 is 54.2 Å². The summed E-state index contributed by atoms with van der Waals surface area (Å²) in [5.41, 5.74) is 0. The molecule has 1 aliphatic rings. The predicted molar refractivity (Wildman–Crippen MR) is 64.9 cm³/mol. The molecule has 0 aromatic heterocycles. The van der Waals surface area contributed by atoms with E-state index in [9.17, 15) is 27.6 Å². The Bertz CT molecular complexity index is 579. The number of phosphoric acid groups is 3. The SMILES string of the molecule is [B][C@H]1CC(O)[C@@H](C(F)(F)OP(=O)(O)OP(=O)(O)OP(=O)(O)O)O1. The smallest absolute Gasteiger partial charge is 0.390 e. The third kappa shape index (κ3) is 6.95. The molecule has 12 nitrogen and oxygen atoms in total.